The molecule has 0 bridgehead atoms. The summed E-state index contributed by atoms with van der Waals surface area (Å²) in [5.74, 6) is -0.538. The smallest absolute Gasteiger partial charge is 0.239 e. The van der Waals surface area contributed by atoms with E-state index in [0.717, 1.165) is 4.57 Å². The Morgan fingerprint density at radius 1 is 1.50 bits per heavy atom. The molecule has 66 valence electrons. The van der Waals surface area contributed by atoms with E-state index in [1.807, 2.05) is 0 Å². The number of nitrogens with one attached hydrogen (secondary N) is 1. The summed E-state index contributed by atoms with van der Waals surface area (Å²) in [6.07, 6.45) is 0. The second-order valence-electron chi connectivity index (χ2n) is 2.31. The standard InChI is InChI=1S/C7H10N2O3/c1-8-5(10)4-9-6(11)2-3-7(9)12/h2-3,11-12H,4H2,1H3,(H,8,10). The van der Waals surface area contributed by atoms with E-state index in [-0.39, 0.29) is 24.2 Å². The molecule has 0 aliphatic carbocycles. The van der Waals surface area contributed by atoms with Crippen molar-refractivity contribution in [3.63, 3.8) is 0 Å². The van der Waals surface area contributed by atoms with Gasteiger partial charge in [-0.15, -0.1) is 0 Å². The highest BCUT2D eigenvalue weighted by molar-refractivity contribution is 5.75. The molecule has 1 aromatic rings. The molecule has 0 aliphatic heterocycles. The molecule has 5 nitrogen and oxygen atoms in total. The first-order chi connectivity index (χ1) is 5.65. The van der Waals surface area contributed by atoms with Crippen LogP contribution in [0, 0.1) is 0 Å². The zero-order valence-corrected chi connectivity index (χ0v) is 6.61. The summed E-state index contributed by atoms with van der Waals surface area (Å²) >= 11 is 0. The van der Waals surface area contributed by atoms with Gasteiger partial charge in [-0.05, 0) is 0 Å². The molecule has 0 aromatic carbocycles. The highest BCUT2D eigenvalue weighted by atomic mass is 16.3. The Morgan fingerprint density at radius 3 is 2.42 bits per heavy atom. The van der Waals surface area contributed by atoms with Gasteiger partial charge in [-0.3, -0.25) is 9.36 Å². The molecule has 0 atom stereocenters. The Balaban J connectivity index is 2.80. The minimum absolute atomic E-state index is 0.0822. The van der Waals surface area contributed by atoms with Gasteiger partial charge in [0.15, 0.2) is 11.8 Å². The lowest BCUT2D eigenvalue weighted by Gasteiger charge is -2.04. The molecule has 1 rings (SSSR count). The second kappa shape index (κ2) is 3.17. The SMILES string of the molecule is CNC(=O)Cn1c(O)ccc1O. The van der Waals surface area contributed by atoms with Crippen molar-refractivity contribution in [2.45, 2.75) is 6.54 Å². The molecule has 0 saturated carbocycles. The maximum Gasteiger partial charge on any atom is 0.239 e. The number of hydrogen-bond donors (Lipinski definition) is 3. The van der Waals surface area contributed by atoms with Crippen molar-refractivity contribution in [3.8, 4) is 11.8 Å². The van der Waals surface area contributed by atoms with E-state index in [0.29, 0.717) is 0 Å². The molecule has 0 radical (unpaired) electrons. The maximum atomic E-state index is 10.8. The summed E-state index contributed by atoms with van der Waals surface area (Å²) in [6, 6.07) is 2.64. The Labute approximate surface area is 69.2 Å². The summed E-state index contributed by atoms with van der Waals surface area (Å²) in [4.78, 5) is 10.8. The lowest BCUT2D eigenvalue weighted by atomic mass is 10.5. The normalized spacial score (nSPS) is 9.75. The number of aromatic nitrogens is 1. The summed E-state index contributed by atoms with van der Waals surface area (Å²) in [5, 5.41) is 20.6. The number of rotatable bonds is 2. The summed E-state index contributed by atoms with van der Waals surface area (Å²) in [6.45, 7) is -0.0822. The van der Waals surface area contributed by atoms with Crippen LogP contribution >= 0.6 is 0 Å². The number of nitrogens with zero attached hydrogens (tertiary/aromatic N) is 1. The molecular formula is C7H10N2O3. The van der Waals surface area contributed by atoms with E-state index in [9.17, 15) is 4.79 Å². The van der Waals surface area contributed by atoms with E-state index in [1.54, 1.807) is 0 Å². The van der Waals surface area contributed by atoms with Crippen molar-refractivity contribution in [2.75, 3.05) is 7.05 Å². The Kier molecular flexibility index (Phi) is 2.23. The molecule has 5 heteroatoms. The molecular weight excluding hydrogens is 160 g/mol. The third-order valence-corrected chi connectivity index (χ3v) is 1.52. The van der Waals surface area contributed by atoms with Crippen LogP contribution in [0.2, 0.25) is 0 Å². The van der Waals surface area contributed by atoms with Gasteiger partial charge < -0.3 is 15.5 Å². The van der Waals surface area contributed by atoms with Gasteiger partial charge in [-0.1, -0.05) is 0 Å². The Hall–Kier alpha value is -1.65. The third-order valence-electron chi connectivity index (χ3n) is 1.52. The van der Waals surface area contributed by atoms with E-state index in [2.05, 4.69) is 5.32 Å². The van der Waals surface area contributed by atoms with Crippen molar-refractivity contribution in [1.82, 2.24) is 9.88 Å². The van der Waals surface area contributed by atoms with Gasteiger partial charge in [0, 0.05) is 19.2 Å². The van der Waals surface area contributed by atoms with Gasteiger partial charge in [0.2, 0.25) is 5.91 Å². The van der Waals surface area contributed by atoms with Crippen molar-refractivity contribution in [3.05, 3.63) is 12.1 Å². The highest BCUT2D eigenvalue weighted by Crippen LogP contribution is 2.19. The third kappa shape index (κ3) is 1.50. The molecule has 1 heterocycles. The number of carbonyl (C=O) groups is 1. The maximum absolute atomic E-state index is 10.8. The topological polar surface area (TPSA) is 74.5 Å². The average Bonchev–Trinajstić information content (AvgIpc) is 2.35. The van der Waals surface area contributed by atoms with Crippen molar-refractivity contribution >= 4 is 5.91 Å². The van der Waals surface area contributed by atoms with E-state index < -0.39 is 0 Å². The number of likely N-dealkylation sites (N-methyl/N-ethyl adjacent to an activating group) is 1. The fraction of sp³-hybridized carbons (Fsp3) is 0.286. The number of carbonyl (C=O) groups excluding carboxylic acids is 1. The first kappa shape index (κ1) is 8.45. The van der Waals surface area contributed by atoms with Crippen LogP contribution in [0.3, 0.4) is 0 Å². The molecule has 1 aromatic heterocycles. The first-order valence-corrected chi connectivity index (χ1v) is 3.43. The Bertz CT molecular complexity index is 273. The predicted molar refractivity (Wildman–Crippen MR) is 41.8 cm³/mol. The number of aromatic hydroxyl groups is 2. The average molecular weight is 170 g/mol. The van der Waals surface area contributed by atoms with Gasteiger partial charge in [-0.25, -0.2) is 0 Å². The van der Waals surface area contributed by atoms with Gasteiger partial charge in [-0.2, -0.15) is 0 Å². The van der Waals surface area contributed by atoms with Crippen molar-refractivity contribution < 1.29 is 15.0 Å². The monoisotopic (exact) mass is 170 g/mol. The van der Waals surface area contributed by atoms with Crippen molar-refractivity contribution in [1.29, 1.82) is 0 Å². The summed E-state index contributed by atoms with van der Waals surface area (Å²) < 4.78 is 1.10. The zero-order chi connectivity index (χ0) is 9.14. The van der Waals surface area contributed by atoms with Gasteiger partial charge in [0.25, 0.3) is 0 Å². The summed E-state index contributed by atoms with van der Waals surface area (Å²) in [7, 11) is 1.49. The van der Waals surface area contributed by atoms with E-state index >= 15 is 0 Å². The largest absolute Gasteiger partial charge is 0.494 e. The van der Waals surface area contributed by atoms with Crippen LogP contribution in [0.5, 0.6) is 11.8 Å². The fourth-order valence-corrected chi connectivity index (χ4v) is 0.831. The van der Waals surface area contributed by atoms with Crippen LogP contribution in [0.25, 0.3) is 0 Å². The minimum Gasteiger partial charge on any atom is -0.494 e. The zero-order valence-electron chi connectivity index (χ0n) is 6.61. The number of hydrogen-bond acceptors (Lipinski definition) is 3. The Morgan fingerprint density at radius 2 is 2.00 bits per heavy atom. The molecule has 12 heavy (non-hydrogen) atoms. The predicted octanol–water partition coefficient (Wildman–Crippen LogP) is -0.355. The van der Waals surface area contributed by atoms with Gasteiger partial charge in [0.05, 0.1) is 0 Å². The van der Waals surface area contributed by atoms with E-state index in [4.69, 9.17) is 10.2 Å². The first-order valence-electron chi connectivity index (χ1n) is 3.43. The molecule has 0 spiro atoms. The highest BCUT2D eigenvalue weighted by Gasteiger charge is 2.08. The molecule has 0 unspecified atom stereocenters. The van der Waals surface area contributed by atoms with Crippen LogP contribution in [0.4, 0.5) is 0 Å². The van der Waals surface area contributed by atoms with Crippen LogP contribution < -0.4 is 5.32 Å². The number of amides is 1. The second-order valence-corrected chi connectivity index (χ2v) is 2.31. The molecule has 3 N–H and O–H groups in total. The molecule has 1 amide bonds. The summed E-state index contributed by atoms with van der Waals surface area (Å²) in [5.41, 5.74) is 0. The van der Waals surface area contributed by atoms with Crippen LogP contribution in [-0.4, -0.2) is 27.7 Å². The molecule has 0 saturated heterocycles. The minimum atomic E-state index is -0.281. The molecule has 0 aliphatic rings. The molecule has 0 fully saturated rings. The van der Waals surface area contributed by atoms with Crippen molar-refractivity contribution in [2.24, 2.45) is 0 Å². The quantitative estimate of drug-likeness (QED) is 0.567. The van der Waals surface area contributed by atoms with Crippen LogP contribution in [0.1, 0.15) is 0 Å². The fourth-order valence-electron chi connectivity index (χ4n) is 0.831. The lowest BCUT2D eigenvalue weighted by Crippen LogP contribution is -2.22. The van der Waals surface area contributed by atoms with Crippen LogP contribution in [-0.2, 0) is 11.3 Å². The van der Waals surface area contributed by atoms with Gasteiger partial charge >= 0.3 is 0 Å². The van der Waals surface area contributed by atoms with Crippen LogP contribution in [0.15, 0.2) is 12.1 Å². The lowest BCUT2D eigenvalue weighted by molar-refractivity contribution is -0.121. The van der Waals surface area contributed by atoms with Gasteiger partial charge in [0.1, 0.15) is 6.54 Å². The van der Waals surface area contributed by atoms with E-state index in [1.165, 1.54) is 19.2 Å².